The second-order valence-electron chi connectivity index (χ2n) is 5.67. The third-order valence-corrected chi connectivity index (χ3v) is 4.00. The lowest BCUT2D eigenvalue weighted by Crippen LogP contribution is -2.10. The minimum Gasteiger partial charge on any atom is -0.497 e. The quantitative estimate of drug-likeness (QED) is 0.574. The number of rotatable bonds is 3. The fourth-order valence-electron chi connectivity index (χ4n) is 2.69. The number of nitrogen functional groups attached to an aromatic ring is 1. The van der Waals surface area contributed by atoms with Gasteiger partial charge in [0.15, 0.2) is 11.5 Å². The van der Waals surface area contributed by atoms with Crippen LogP contribution in [0.15, 0.2) is 54.9 Å². The van der Waals surface area contributed by atoms with E-state index in [1.54, 1.807) is 37.7 Å². The number of nitrogens with zero attached hydrogens (tertiary/aromatic N) is 4. The zero-order valence-electron chi connectivity index (χ0n) is 14.0. The molecular formula is C19H15N5O2. The van der Waals surface area contributed by atoms with Crippen molar-refractivity contribution in [2.75, 3.05) is 12.8 Å². The zero-order valence-corrected chi connectivity index (χ0v) is 14.0. The summed E-state index contributed by atoms with van der Waals surface area (Å²) in [5.41, 5.74) is 7.90. The van der Waals surface area contributed by atoms with Crippen LogP contribution in [0.2, 0.25) is 0 Å². The van der Waals surface area contributed by atoms with Crippen LogP contribution in [0.4, 0.5) is 5.82 Å². The molecule has 3 heterocycles. The van der Waals surface area contributed by atoms with Gasteiger partial charge in [-0.15, -0.1) is 5.10 Å². The Bertz CT molecular complexity index is 1150. The molecule has 0 radical (unpaired) electrons. The molecule has 128 valence electrons. The number of carbonyl (C=O) groups excluding carboxylic acids is 1. The summed E-state index contributed by atoms with van der Waals surface area (Å²) in [6, 6.07) is 11.1. The third-order valence-electron chi connectivity index (χ3n) is 4.00. The number of hydrogen-bond donors (Lipinski definition) is 1. The van der Waals surface area contributed by atoms with Crippen LogP contribution in [-0.4, -0.2) is 32.8 Å². The van der Waals surface area contributed by atoms with Crippen molar-refractivity contribution in [3.05, 3.63) is 60.4 Å². The molecule has 0 amide bonds. The molecule has 7 nitrogen and oxygen atoms in total. The molecule has 4 aromatic rings. The second-order valence-corrected chi connectivity index (χ2v) is 5.67. The van der Waals surface area contributed by atoms with Gasteiger partial charge in [0.1, 0.15) is 5.75 Å². The predicted molar refractivity (Wildman–Crippen MR) is 99.9 cm³/mol. The normalized spacial score (nSPS) is 11.4. The Morgan fingerprint density at radius 3 is 2.92 bits per heavy atom. The van der Waals surface area contributed by atoms with Crippen molar-refractivity contribution in [2.24, 2.45) is 0 Å². The lowest BCUT2D eigenvalue weighted by atomic mass is 10.2. The molecule has 7 heteroatoms. The summed E-state index contributed by atoms with van der Waals surface area (Å²) in [5.74, 6) is 0.602. The molecule has 2 N–H and O–H groups in total. The molecule has 4 rings (SSSR count). The first-order valence-electron chi connectivity index (χ1n) is 7.91. The van der Waals surface area contributed by atoms with Crippen LogP contribution in [-0.2, 0) is 0 Å². The summed E-state index contributed by atoms with van der Waals surface area (Å²) in [5, 5.41) is 5.67. The van der Waals surface area contributed by atoms with Crippen LogP contribution in [0, 0.1) is 0 Å². The average molecular weight is 345 g/mol. The lowest BCUT2D eigenvalue weighted by Gasteiger charge is -2.03. The molecule has 1 aromatic carbocycles. The Morgan fingerprint density at radius 1 is 1.27 bits per heavy atom. The van der Waals surface area contributed by atoms with Crippen molar-refractivity contribution in [3.8, 4) is 5.75 Å². The minimum absolute atomic E-state index is 0.258. The number of anilines is 1. The van der Waals surface area contributed by atoms with Crippen LogP contribution < -0.4 is 10.5 Å². The van der Waals surface area contributed by atoms with E-state index in [9.17, 15) is 4.79 Å². The Morgan fingerprint density at radius 2 is 2.15 bits per heavy atom. The number of aromatic nitrogens is 4. The highest BCUT2D eigenvalue weighted by Crippen LogP contribution is 2.26. The van der Waals surface area contributed by atoms with Crippen molar-refractivity contribution in [2.45, 2.75) is 0 Å². The second kappa shape index (κ2) is 6.29. The number of benzene rings is 1. The van der Waals surface area contributed by atoms with E-state index in [2.05, 4.69) is 15.1 Å². The van der Waals surface area contributed by atoms with Gasteiger partial charge in [-0.3, -0.25) is 9.78 Å². The number of fused-ring (bicyclic) bond motifs is 2. The van der Waals surface area contributed by atoms with Crippen LogP contribution in [0.1, 0.15) is 10.4 Å². The molecule has 0 unspecified atom stereocenters. The molecule has 0 spiro atoms. The highest BCUT2D eigenvalue weighted by Gasteiger charge is 2.15. The van der Waals surface area contributed by atoms with Gasteiger partial charge in [0.2, 0.25) is 0 Å². The van der Waals surface area contributed by atoms with Crippen molar-refractivity contribution in [3.63, 3.8) is 0 Å². The molecule has 0 saturated heterocycles. The fourth-order valence-corrected chi connectivity index (χ4v) is 2.69. The molecule has 0 aliphatic rings. The first-order chi connectivity index (χ1) is 12.7. The van der Waals surface area contributed by atoms with E-state index in [-0.39, 0.29) is 11.7 Å². The lowest BCUT2D eigenvalue weighted by molar-refractivity contribution is 0.0960. The van der Waals surface area contributed by atoms with Gasteiger partial charge in [-0.1, -0.05) is 6.07 Å². The third kappa shape index (κ3) is 2.75. The summed E-state index contributed by atoms with van der Waals surface area (Å²) in [6.07, 6.45) is 6.42. The van der Waals surface area contributed by atoms with E-state index in [0.717, 1.165) is 10.9 Å². The van der Waals surface area contributed by atoms with Crippen LogP contribution in [0.5, 0.6) is 5.75 Å². The summed E-state index contributed by atoms with van der Waals surface area (Å²) in [7, 11) is 1.59. The molecule has 0 aliphatic carbocycles. The van der Waals surface area contributed by atoms with Gasteiger partial charge in [-0.2, -0.15) is 4.68 Å². The molecule has 0 fully saturated rings. The maximum absolute atomic E-state index is 12.6. The number of nitrogens with two attached hydrogens (primary N) is 1. The molecule has 0 saturated carbocycles. The fraction of sp³-hybridized carbons (Fsp3) is 0.0526. The molecule has 0 bridgehead atoms. The summed E-state index contributed by atoms with van der Waals surface area (Å²) < 4.78 is 6.44. The van der Waals surface area contributed by atoms with E-state index in [4.69, 9.17) is 10.5 Å². The van der Waals surface area contributed by atoms with Gasteiger partial charge in [-0.05, 0) is 35.9 Å². The van der Waals surface area contributed by atoms with Gasteiger partial charge in [-0.25, -0.2) is 4.98 Å². The zero-order chi connectivity index (χ0) is 18.1. The number of allylic oxidation sites excluding steroid dienone is 1. The van der Waals surface area contributed by atoms with Crippen LogP contribution >= 0.6 is 0 Å². The van der Waals surface area contributed by atoms with E-state index in [0.29, 0.717) is 22.3 Å². The predicted octanol–water partition coefficient (Wildman–Crippen LogP) is 2.92. The smallest absolute Gasteiger partial charge is 0.272 e. The monoisotopic (exact) mass is 345 g/mol. The first kappa shape index (κ1) is 15.8. The van der Waals surface area contributed by atoms with Crippen molar-refractivity contribution >= 4 is 39.7 Å². The molecular weight excluding hydrogens is 330 g/mol. The van der Waals surface area contributed by atoms with Crippen LogP contribution in [0.25, 0.3) is 28.0 Å². The van der Waals surface area contributed by atoms with Gasteiger partial charge in [0, 0.05) is 29.9 Å². The van der Waals surface area contributed by atoms with E-state index in [1.807, 2.05) is 24.3 Å². The number of hydrogen-bond acceptors (Lipinski definition) is 6. The molecule has 26 heavy (non-hydrogen) atoms. The van der Waals surface area contributed by atoms with Crippen molar-refractivity contribution in [1.29, 1.82) is 0 Å². The number of ether oxygens (including phenoxy) is 1. The SMILES string of the molecule is COc1ccc2cc3c(N)nn(C(=O)/C=C/c4cccnc4)c3nc2c1. The van der Waals surface area contributed by atoms with Gasteiger partial charge in [0.25, 0.3) is 5.91 Å². The van der Waals surface area contributed by atoms with Gasteiger partial charge in [0.05, 0.1) is 18.0 Å². The van der Waals surface area contributed by atoms with Crippen molar-refractivity contribution < 1.29 is 9.53 Å². The maximum atomic E-state index is 12.6. The largest absolute Gasteiger partial charge is 0.497 e. The van der Waals surface area contributed by atoms with E-state index in [1.165, 1.54) is 10.8 Å². The standard InChI is InChI=1S/C19H15N5O2/c1-26-14-6-5-13-9-15-18(20)23-24(19(15)22-16(13)10-14)17(25)7-4-12-3-2-8-21-11-12/h2-11H,1H3,(H2,20,23)/b7-4+. The summed E-state index contributed by atoms with van der Waals surface area (Å²) >= 11 is 0. The van der Waals surface area contributed by atoms with E-state index < -0.39 is 0 Å². The maximum Gasteiger partial charge on any atom is 0.272 e. The van der Waals surface area contributed by atoms with Crippen molar-refractivity contribution in [1.82, 2.24) is 19.7 Å². The Labute approximate surface area is 148 Å². The first-order valence-corrected chi connectivity index (χ1v) is 7.91. The average Bonchev–Trinajstić information content (AvgIpc) is 3.00. The highest BCUT2D eigenvalue weighted by atomic mass is 16.5. The minimum atomic E-state index is -0.342. The number of carbonyl (C=O) groups is 1. The van der Waals surface area contributed by atoms with Gasteiger partial charge >= 0.3 is 0 Å². The Kier molecular flexibility index (Phi) is 3.81. The summed E-state index contributed by atoms with van der Waals surface area (Å²) in [4.78, 5) is 21.1. The Balaban J connectivity index is 1.80. The van der Waals surface area contributed by atoms with Crippen LogP contribution in [0.3, 0.4) is 0 Å². The highest BCUT2D eigenvalue weighted by molar-refractivity contribution is 6.04. The molecule has 3 aromatic heterocycles. The van der Waals surface area contributed by atoms with Gasteiger partial charge < -0.3 is 10.5 Å². The topological polar surface area (TPSA) is 95.9 Å². The molecule has 0 aliphatic heterocycles. The summed E-state index contributed by atoms with van der Waals surface area (Å²) in [6.45, 7) is 0. The Hall–Kier alpha value is -3.74. The molecule has 0 atom stereocenters. The number of methoxy groups -OCH3 is 1. The van der Waals surface area contributed by atoms with E-state index >= 15 is 0 Å². The number of pyridine rings is 2.